The van der Waals surface area contributed by atoms with Gasteiger partial charge in [-0.3, -0.25) is 9.59 Å². The number of hydrogen-bond donors (Lipinski definition) is 0. The summed E-state index contributed by atoms with van der Waals surface area (Å²) in [6, 6.07) is 4.02. The van der Waals surface area contributed by atoms with Crippen molar-refractivity contribution in [3.63, 3.8) is 0 Å². The number of ketones is 2. The SMILES string of the molecule is CC(=O)c1cc(C(C)(C)C)cc2c1C(=O)CC2(C)C. The van der Waals surface area contributed by atoms with Crippen molar-refractivity contribution in [2.75, 3.05) is 0 Å². The van der Waals surface area contributed by atoms with Gasteiger partial charge in [0.15, 0.2) is 11.6 Å². The van der Waals surface area contributed by atoms with Crippen LogP contribution in [0.5, 0.6) is 0 Å². The standard InChI is InChI=1S/C17H22O2/c1-10(18)12-7-11(16(2,3)4)8-13-15(12)14(19)9-17(13,5)6/h7-8H,9H2,1-6H3. The topological polar surface area (TPSA) is 34.1 Å². The maximum Gasteiger partial charge on any atom is 0.164 e. The largest absolute Gasteiger partial charge is 0.294 e. The molecule has 2 heteroatoms. The third kappa shape index (κ3) is 2.24. The lowest BCUT2D eigenvalue weighted by Gasteiger charge is -2.25. The number of Topliss-reactive ketones (excluding diaryl/α,β-unsaturated/α-hetero) is 2. The quantitative estimate of drug-likeness (QED) is 0.712. The molecule has 1 aromatic carbocycles. The predicted molar refractivity (Wildman–Crippen MR) is 77.1 cm³/mol. The van der Waals surface area contributed by atoms with E-state index in [9.17, 15) is 9.59 Å². The molecule has 1 aliphatic rings. The van der Waals surface area contributed by atoms with Crippen molar-refractivity contribution in [2.24, 2.45) is 0 Å². The third-order valence-electron chi connectivity index (χ3n) is 3.99. The van der Waals surface area contributed by atoms with Gasteiger partial charge in [0.1, 0.15) is 0 Å². The molecule has 2 rings (SSSR count). The van der Waals surface area contributed by atoms with Gasteiger partial charge in [-0.05, 0) is 34.9 Å². The second kappa shape index (κ2) is 4.03. The number of fused-ring (bicyclic) bond motifs is 1. The van der Waals surface area contributed by atoms with E-state index in [2.05, 4.69) is 40.7 Å². The van der Waals surface area contributed by atoms with Gasteiger partial charge in [0.25, 0.3) is 0 Å². The van der Waals surface area contributed by atoms with Crippen LogP contribution < -0.4 is 0 Å². The van der Waals surface area contributed by atoms with Gasteiger partial charge < -0.3 is 0 Å². The van der Waals surface area contributed by atoms with Crippen molar-refractivity contribution >= 4 is 11.6 Å². The number of carbonyl (C=O) groups is 2. The highest BCUT2D eigenvalue weighted by atomic mass is 16.1. The zero-order valence-electron chi connectivity index (χ0n) is 12.7. The lowest BCUT2D eigenvalue weighted by molar-refractivity contribution is 0.0961. The fourth-order valence-electron chi connectivity index (χ4n) is 2.77. The molecule has 102 valence electrons. The van der Waals surface area contributed by atoms with E-state index in [1.165, 1.54) is 0 Å². The van der Waals surface area contributed by atoms with Crippen molar-refractivity contribution in [3.8, 4) is 0 Å². The van der Waals surface area contributed by atoms with Crippen LogP contribution in [0.25, 0.3) is 0 Å². The van der Waals surface area contributed by atoms with Crippen LogP contribution in [0.2, 0.25) is 0 Å². The molecular weight excluding hydrogens is 236 g/mol. The second-order valence-corrected chi connectivity index (χ2v) is 7.24. The predicted octanol–water partition coefficient (Wildman–Crippen LogP) is 4.05. The minimum Gasteiger partial charge on any atom is -0.294 e. The Bertz CT molecular complexity index is 572. The van der Waals surface area contributed by atoms with Crippen LogP contribution >= 0.6 is 0 Å². The maximum absolute atomic E-state index is 12.2. The molecule has 0 spiro atoms. The van der Waals surface area contributed by atoms with E-state index in [-0.39, 0.29) is 22.4 Å². The van der Waals surface area contributed by atoms with Crippen LogP contribution in [0.1, 0.15) is 79.8 Å². The van der Waals surface area contributed by atoms with E-state index in [0.717, 1.165) is 11.1 Å². The smallest absolute Gasteiger partial charge is 0.164 e. The average molecular weight is 258 g/mol. The molecule has 0 saturated heterocycles. The third-order valence-corrected chi connectivity index (χ3v) is 3.99. The van der Waals surface area contributed by atoms with E-state index in [1.54, 1.807) is 6.92 Å². The highest BCUT2D eigenvalue weighted by Gasteiger charge is 2.39. The lowest BCUT2D eigenvalue weighted by Crippen LogP contribution is -2.17. The summed E-state index contributed by atoms with van der Waals surface area (Å²) >= 11 is 0. The first-order valence-corrected chi connectivity index (χ1v) is 6.77. The second-order valence-electron chi connectivity index (χ2n) is 7.24. The number of carbonyl (C=O) groups excluding carboxylic acids is 2. The van der Waals surface area contributed by atoms with Crippen molar-refractivity contribution < 1.29 is 9.59 Å². The van der Waals surface area contributed by atoms with Gasteiger partial charge in [-0.25, -0.2) is 0 Å². The van der Waals surface area contributed by atoms with Crippen LogP contribution in [-0.2, 0) is 10.8 Å². The minimum absolute atomic E-state index is 0.0200. The fraction of sp³-hybridized carbons (Fsp3) is 0.529. The van der Waals surface area contributed by atoms with Gasteiger partial charge in [-0.15, -0.1) is 0 Å². The van der Waals surface area contributed by atoms with Gasteiger partial charge in [0, 0.05) is 17.5 Å². The van der Waals surface area contributed by atoms with Gasteiger partial charge in [0.2, 0.25) is 0 Å². The van der Waals surface area contributed by atoms with Crippen LogP contribution in [0.15, 0.2) is 12.1 Å². The van der Waals surface area contributed by atoms with E-state index in [1.807, 2.05) is 6.07 Å². The van der Waals surface area contributed by atoms with E-state index in [4.69, 9.17) is 0 Å². The molecule has 0 saturated carbocycles. The molecule has 0 N–H and O–H groups in total. The molecule has 0 fully saturated rings. The van der Waals surface area contributed by atoms with E-state index in [0.29, 0.717) is 17.5 Å². The molecule has 0 heterocycles. The molecule has 0 bridgehead atoms. The minimum atomic E-state index is -0.169. The van der Waals surface area contributed by atoms with Crippen molar-refractivity contribution in [3.05, 3.63) is 34.4 Å². The molecule has 0 aromatic heterocycles. The monoisotopic (exact) mass is 258 g/mol. The Morgan fingerprint density at radius 1 is 1.21 bits per heavy atom. The lowest BCUT2D eigenvalue weighted by atomic mass is 9.79. The highest BCUT2D eigenvalue weighted by Crippen LogP contribution is 2.42. The number of hydrogen-bond acceptors (Lipinski definition) is 2. The molecule has 1 aliphatic carbocycles. The molecule has 0 amide bonds. The first kappa shape index (κ1) is 14.0. The van der Waals surface area contributed by atoms with Crippen LogP contribution in [-0.4, -0.2) is 11.6 Å². The van der Waals surface area contributed by atoms with Crippen molar-refractivity contribution in [1.82, 2.24) is 0 Å². The van der Waals surface area contributed by atoms with Crippen molar-refractivity contribution in [2.45, 2.75) is 58.8 Å². The van der Waals surface area contributed by atoms with Crippen LogP contribution in [0.3, 0.4) is 0 Å². The van der Waals surface area contributed by atoms with Gasteiger partial charge in [-0.1, -0.05) is 40.7 Å². The molecule has 0 atom stereocenters. The Hall–Kier alpha value is -1.44. The van der Waals surface area contributed by atoms with E-state index >= 15 is 0 Å². The van der Waals surface area contributed by atoms with Gasteiger partial charge >= 0.3 is 0 Å². The number of rotatable bonds is 1. The van der Waals surface area contributed by atoms with Gasteiger partial charge in [0.05, 0.1) is 0 Å². The van der Waals surface area contributed by atoms with Gasteiger partial charge in [-0.2, -0.15) is 0 Å². The Balaban J connectivity index is 2.81. The highest BCUT2D eigenvalue weighted by molar-refractivity contribution is 6.11. The number of benzene rings is 1. The average Bonchev–Trinajstić information content (AvgIpc) is 2.47. The molecule has 0 radical (unpaired) electrons. The fourth-order valence-corrected chi connectivity index (χ4v) is 2.77. The Morgan fingerprint density at radius 3 is 2.26 bits per heavy atom. The van der Waals surface area contributed by atoms with Crippen molar-refractivity contribution in [1.29, 1.82) is 0 Å². The first-order valence-electron chi connectivity index (χ1n) is 6.77. The molecule has 0 aliphatic heterocycles. The van der Waals surface area contributed by atoms with Crippen LogP contribution in [0, 0.1) is 0 Å². The Labute approximate surface area is 115 Å². The molecule has 0 unspecified atom stereocenters. The Kier molecular flexibility index (Phi) is 2.96. The summed E-state index contributed by atoms with van der Waals surface area (Å²) < 4.78 is 0. The summed E-state index contributed by atoms with van der Waals surface area (Å²) in [5.74, 6) is 0.0825. The normalized spacial score (nSPS) is 17.5. The summed E-state index contributed by atoms with van der Waals surface area (Å²) in [6.07, 6.45) is 0.496. The zero-order chi connectivity index (χ0) is 14.6. The molecule has 19 heavy (non-hydrogen) atoms. The summed E-state index contributed by atoms with van der Waals surface area (Å²) in [4.78, 5) is 24.1. The maximum atomic E-state index is 12.2. The summed E-state index contributed by atoms with van der Waals surface area (Å²) in [6.45, 7) is 12.1. The summed E-state index contributed by atoms with van der Waals surface area (Å²) in [7, 11) is 0. The molecular formula is C17H22O2. The van der Waals surface area contributed by atoms with Crippen LogP contribution in [0.4, 0.5) is 0 Å². The first-order chi connectivity index (χ1) is 8.54. The summed E-state index contributed by atoms with van der Waals surface area (Å²) in [5.41, 5.74) is 3.22. The zero-order valence-corrected chi connectivity index (χ0v) is 12.7. The molecule has 1 aromatic rings. The molecule has 2 nitrogen and oxygen atoms in total. The van der Waals surface area contributed by atoms with E-state index < -0.39 is 0 Å². The Morgan fingerprint density at radius 2 is 1.79 bits per heavy atom. The summed E-state index contributed by atoms with van der Waals surface area (Å²) in [5, 5.41) is 0.